The third-order valence-electron chi connectivity index (χ3n) is 4.66. The van der Waals surface area contributed by atoms with Crippen molar-refractivity contribution in [3.63, 3.8) is 0 Å². The van der Waals surface area contributed by atoms with Crippen molar-refractivity contribution in [3.8, 4) is 0 Å². The summed E-state index contributed by atoms with van der Waals surface area (Å²) in [6.45, 7) is 6.96. The minimum absolute atomic E-state index is 0.0456. The normalized spacial score (nSPS) is 16.4. The van der Waals surface area contributed by atoms with Gasteiger partial charge in [0.25, 0.3) is 5.91 Å². The Balaban J connectivity index is 1.81. The van der Waals surface area contributed by atoms with E-state index in [0.717, 1.165) is 38.0 Å². The fraction of sp³-hybridized carbons (Fsp3) is 0.579. The molecular formula is C19H29N3O2. The van der Waals surface area contributed by atoms with Gasteiger partial charge in [-0.05, 0) is 68.5 Å². The second kappa shape index (κ2) is 9.42. The predicted octanol–water partition coefficient (Wildman–Crippen LogP) is 2.79. The topological polar surface area (TPSA) is 70.2 Å². The van der Waals surface area contributed by atoms with Gasteiger partial charge in [0.15, 0.2) is 0 Å². The van der Waals surface area contributed by atoms with Crippen molar-refractivity contribution in [3.05, 3.63) is 29.8 Å². The van der Waals surface area contributed by atoms with E-state index in [2.05, 4.69) is 22.9 Å². The molecule has 3 N–H and O–H groups in total. The summed E-state index contributed by atoms with van der Waals surface area (Å²) in [5.41, 5.74) is 1.36. The van der Waals surface area contributed by atoms with Crippen molar-refractivity contribution >= 4 is 17.5 Å². The number of anilines is 1. The molecule has 1 heterocycles. The number of carbonyl (C=O) groups is 2. The molecule has 5 nitrogen and oxygen atoms in total. The zero-order valence-corrected chi connectivity index (χ0v) is 14.7. The smallest absolute Gasteiger partial charge is 0.251 e. The van der Waals surface area contributed by atoms with E-state index in [0.29, 0.717) is 30.4 Å². The third kappa shape index (κ3) is 5.64. The SMILES string of the molecule is CCCNC(=O)c1ccc(NC(=O)CC(C)C2CCNCC2)cc1. The van der Waals surface area contributed by atoms with Crippen LogP contribution in [-0.4, -0.2) is 31.4 Å². The fourth-order valence-corrected chi connectivity index (χ4v) is 3.13. The van der Waals surface area contributed by atoms with Crippen LogP contribution in [-0.2, 0) is 4.79 Å². The molecule has 0 saturated carbocycles. The number of carbonyl (C=O) groups excluding carboxylic acids is 2. The van der Waals surface area contributed by atoms with Gasteiger partial charge in [-0.2, -0.15) is 0 Å². The molecule has 0 bridgehead atoms. The Hall–Kier alpha value is -1.88. The average Bonchev–Trinajstić information content (AvgIpc) is 2.61. The van der Waals surface area contributed by atoms with Crippen LogP contribution < -0.4 is 16.0 Å². The molecule has 1 saturated heterocycles. The first kappa shape index (κ1) is 18.5. The van der Waals surface area contributed by atoms with E-state index in [-0.39, 0.29) is 11.8 Å². The standard InChI is InChI=1S/C19H29N3O2/c1-3-10-21-19(24)16-4-6-17(7-5-16)22-18(23)13-14(2)15-8-11-20-12-9-15/h4-7,14-15,20H,3,8-13H2,1-2H3,(H,21,24)(H,22,23). The van der Waals surface area contributed by atoms with Crippen LogP contribution in [0.2, 0.25) is 0 Å². The van der Waals surface area contributed by atoms with Crippen molar-refractivity contribution in [2.24, 2.45) is 11.8 Å². The van der Waals surface area contributed by atoms with E-state index in [4.69, 9.17) is 0 Å². The van der Waals surface area contributed by atoms with Crippen molar-refractivity contribution in [2.45, 2.75) is 39.5 Å². The van der Waals surface area contributed by atoms with E-state index in [1.165, 1.54) is 0 Å². The first-order chi connectivity index (χ1) is 11.6. The molecule has 2 amide bonds. The molecule has 5 heteroatoms. The first-order valence-electron chi connectivity index (χ1n) is 8.99. The Bertz CT molecular complexity index is 536. The van der Waals surface area contributed by atoms with Crippen LogP contribution in [0.3, 0.4) is 0 Å². The van der Waals surface area contributed by atoms with Crippen LogP contribution in [0.1, 0.15) is 49.9 Å². The molecular weight excluding hydrogens is 302 g/mol. The summed E-state index contributed by atoms with van der Waals surface area (Å²) in [5.74, 6) is 0.992. The van der Waals surface area contributed by atoms with Crippen molar-refractivity contribution in [2.75, 3.05) is 25.0 Å². The van der Waals surface area contributed by atoms with Crippen LogP contribution in [0.15, 0.2) is 24.3 Å². The van der Waals surface area contributed by atoms with Crippen molar-refractivity contribution in [1.29, 1.82) is 0 Å². The Morgan fingerprint density at radius 1 is 1.21 bits per heavy atom. The molecule has 0 radical (unpaired) electrons. The van der Waals surface area contributed by atoms with Gasteiger partial charge in [-0.15, -0.1) is 0 Å². The minimum Gasteiger partial charge on any atom is -0.352 e. The monoisotopic (exact) mass is 331 g/mol. The van der Waals surface area contributed by atoms with E-state index >= 15 is 0 Å². The second-order valence-corrected chi connectivity index (χ2v) is 6.65. The lowest BCUT2D eigenvalue weighted by Crippen LogP contribution is -2.32. The lowest BCUT2D eigenvalue weighted by atomic mass is 9.84. The summed E-state index contributed by atoms with van der Waals surface area (Å²) in [5, 5.41) is 9.13. The molecule has 1 fully saturated rings. The molecule has 0 aromatic heterocycles. The molecule has 1 aliphatic rings. The van der Waals surface area contributed by atoms with Crippen LogP contribution >= 0.6 is 0 Å². The summed E-state index contributed by atoms with van der Waals surface area (Å²) in [6, 6.07) is 7.07. The van der Waals surface area contributed by atoms with E-state index < -0.39 is 0 Å². The summed E-state index contributed by atoms with van der Waals surface area (Å²) in [7, 11) is 0. The summed E-state index contributed by atoms with van der Waals surface area (Å²) < 4.78 is 0. The van der Waals surface area contributed by atoms with E-state index in [1.807, 2.05) is 6.92 Å². The van der Waals surface area contributed by atoms with Gasteiger partial charge in [0, 0.05) is 24.2 Å². The van der Waals surface area contributed by atoms with Crippen molar-refractivity contribution < 1.29 is 9.59 Å². The highest BCUT2D eigenvalue weighted by Crippen LogP contribution is 2.24. The number of rotatable bonds is 7. The lowest BCUT2D eigenvalue weighted by Gasteiger charge is -2.27. The van der Waals surface area contributed by atoms with Gasteiger partial charge in [0.1, 0.15) is 0 Å². The molecule has 0 aliphatic carbocycles. The summed E-state index contributed by atoms with van der Waals surface area (Å²) in [6.07, 6.45) is 3.75. The van der Waals surface area contributed by atoms with Gasteiger partial charge >= 0.3 is 0 Å². The Kier molecular flexibility index (Phi) is 7.25. The maximum Gasteiger partial charge on any atom is 0.251 e. The number of benzene rings is 1. The third-order valence-corrected chi connectivity index (χ3v) is 4.66. The van der Waals surface area contributed by atoms with Gasteiger partial charge in [0.05, 0.1) is 0 Å². The molecule has 2 rings (SSSR count). The highest BCUT2D eigenvalue weighted by Gasteiger charge is 2.22. The Morgan fingerprint density at radius 3 is 2.50 bits per heavy atom. The zero-order chi connectivity index (χ0) is 17.4. The highest BCUT2D eigenvalue weighted by molar-refractivity contribution is 5.95. The molecule has 132 valence electrons. The Morgan fingerprint density at radius 2 is 1.88 bits per heavy atom. The minimum atomic E-state index is -0.0748. The average molecular weight is 331 g/mol. The molecule has 1 unspecified atom stereocenters. The predicted molar refractivity (Wildman–Crippen MR) is 97.1 cm³/mol. The summed E-state index contributed by atoms with van der Waals surface area (Å²) >= 11 is 0. The quantitative estimate of drug-likeness (QED) is 0.719. The van der Waals surface area contributed by atoms with Gasteiger partial charge in [-0.3, -0.25) is 9.59 Å². The van der Waals surface area contributed by atoms with Crippen LogP contribution in [0.5, 0.6) is 0 Å². The number of hydrogen-bond acceptors (Lipinski definition) is 3. The van der Waals surface area contributed by atoms with Gasteiger partial charge < -0.3 is 16.0 Å². The maximum atomic E-state index is 12.2. The molecule has 1 aromatic carbocycles. The van der Waals surface area contributed by atoms with Gasteiger partial charge in [-0.25, -0.2) is 0 Å². The maximum absolute atomic E-state index is 12.2. The van der Waals surface area contributed by atoms with Gasteiger partial charge in [0.2, 0.25) is 5.91 Å². The number of amides is 2. The second-order valence-electron chi connectivity index (χ2n) is 6.65. The number of nitrogens with one attached hydrogen (secondary N) is 3. The first-order valence-corrected chi connectivity index (χ1v) is 8.99. The number of piperidine rings is 1. The van der Waals surface area contributed by atoms with Gasteiger partial charge in [-0.1, -0.05) is 13.8 Å². The molecule has 0 spiro atoms. The van der Waals surface area contributed by atoms with Crippen LogP contribution in [0.25, 0.3) is 0 Å². The fourth-order valence-electron chi connectivity index (χ4n) is 3.13. The number of hydrogen-bond donors (Lipinski definition) is 3. The van der Waals surface area contributed by atoms with Crippen LogP contribution in [0, 0.1) is 11.8 Å². The van der Waals surface area contributed by atoms with Crippen molar-refractivity contribution in [1.82, 2.24) is 10.6 Å². The summed E-state index contributed by atoms with van der Waals surface area (Å²) in [4.78, 5) is 24.1. The molecule has 24 heavy (non-hydrogen) atoms. The van der Waals surface area contributed by atoms with E-state index in [1.54, 1.807) is 24.3 Å². The Labute approximate surface area is 144 Å². The largest absolute Gasteiger partial charge is 0.352 e. The van der Waals surface area contributed by atoms with E-state index in [9.17, 15) is 9.59 Å². The molecule has 1 aliphatic heterocycles. The van der Waals surface area contributed by atoms with Crippen LogP contribution in [0.4, 0.5) is 5.69 Å². The highest BCUT2D eigenvalue weighted by atomic mass is 16.2. The molecule has 1 aromatic rings. The lowest BCUT2D eigenvalue weighted by molar-refractivity contribution is -0.117. The molecule has 1 atom stereocenters. The zero-order valence-electron chi connectivity index (χ0n) is 14.7.